The molecule has 5 nitrogen and oxygen atoms in total. The Labute approximate surface area is 79.7 Å². The van der Waals surface area contributed by atoms with Crippen LogP contribution in [0.25, 0.3) is 0 Å². The number of hydrogen-bond donors (Lipinski definition) is 2. The van der Waals surface area contributed by atoms with E-state index in [1.807, 2.05) is 0 Å². The molecule has 0 saturated carbocycles. The van der Waals surface area contributed by atoms with Gasteiger partial charge >= 0.3 is 0 Å². The number of methoxy groups -OCH3 is 1. The van der Waals surface area contributed by atoms with E-state index in [-0.39, 0.29) is 12.4 Å². The lowest BCUT2D eigenvalue weighted by Gasteiger charge is -2.04. The molecule has 80 valence electrons. The monoisotopic (exact) mass is 210 g/mol. The summed E-state index contributed by atoms with van der Waals surface area (Å²) >= 11 is 0. The highest BCUT2D eigenvalue weighted by molar-refractivity contribution is 7.89. The molecule has 0 aromatic rings. The van der Waals surface area contributed by atoms with Gasteiger partial charge in [0.2, 0.25) is 10.0 Å². The number of rotatable bonds is 8. The number of hydrogen-bond acceptors (Lipinski definition) is 4. The van der Waals surface area contributed by atoms with Crippen molar-refractivity contribution in [3.05, 3.63) is 0 Å². The summed E-state index contributed by atoms with van der Waals surface area (Å²) in [5.41, 5.74) is 5.26. The van der Waals surface area contributed by atoms with Crippen molar-refractivity contribution in [3.8, 4) is 0 Å². The normalized spacial score (nSPS) is 11.8. The van der Waals surface area contributed by atoms with E-state index < -0.39 is 10.0 Å². The highest BCUT2D eigenvalue weighted by Gasteiger charge is 2.07. The van der Waals surface area contributed by atoms with E-state index in [1.165, 1.54) is 7.11 Å². The van der Waals surface area contributed by atoms with Gasteiger partial charge in [-0.3, -0.25) is 0 Å². The second kappa shape index (κ2) is 7.25. The minimum absolute atomic E-state index is 0.0200. The summed E-state index contributed by atoms with van der Waals surface area (Å²) in [7, 11) is -1.66. The van der Waals surface area contributed by atoms with Gasteiger partial charge in [-0.2, -0.15) is 0 Å². The fourth-order valence-corrected chi connectivity index (χ4v) is 1.75. The van der Waals surface area contributed by atoms with Gasteiger partial charge in [-0.1, -0.05) is 0 Å². The van der Waals surface area contributed by atoms with Gasteiger partial charge in [0.25, 0.3) is 0 Å². The highest BCUT2D eigenvalue weighted by Crippen LogP contribution is 1.88. The lowest BCUT2D eigenvalue weighted by molar-refractivity contribution is 0.217. The van der Waals surface area contributed by atoms with Gasteiger partial charge < -0.3 is 10.5 Å². The molecule has 0 aliphatic carbocycles. The van der Waals surface area contributed by atoms with Crippen molar-refractivity contribution >= 4 is 10.0 Å². The largest absolute Gasteiger partial charge is 0.384 e. The Bertz CT molecular complexity index is 204. The third-order valence-electron chi connectivity index (χ3n) is 1.51. The third kappa shape index (κ3) is 8.17. The SMILES string of the molecule is COCCS(=O)(=O)NCCCCN. The topological polar surface area (TPSA) is 81.4 Å². The van der Waals surface area contributed by atoms with E-state index in [0.29, 0.717) is 13.1 Å². The molecule has 0 rings (SSSR count). The first kappa shape index (κ1) is 12.8. The predicted octanol–water partition coefficient (Wildman–Crippen LogP) is -0.709. The van der Waals surface area contributed by atoms with Crippen LogP contribution in [0.5, 0.6) is 0 Å². The van der Waals surface area contributed by atoms with Gasteiger partial charge in [-0.25, -0.2) is 13.1 Å². The van der Waals surface area contributed by atoms with E-state index in [9.17, 15) is 8.42 Å². The van der Waals surface area contributed by atoms with E-state index in [4.69, 9.17) is 5.73 Å². The molecule has 0 bridgehead atoms. The summed E-state index contributed by atoms with van der Waals surface area (Å²) in [6.45, 7) is 1.29. The molecule has 0 atom stereocenters. The molecular formula is C7H18N2O3S. The van der Waals surface area contributed by atoms with Crippen LogP contribution in [-0.4, -0.2) is 41.0 Å². The maximum absolute atomic E-state index is 11.1. The van der Waals surface area contributed by atoms with Gasteiger partial charge in [0.05, 0.1) is 12.4 Å². The molecule has 3 N–H and O–H groups in total. The molecule has 0 heterocycles. The smallest absolute Gasteiger partial charge is 0.213 e. The standard InChI is InChI=1S/C7H18N2O3S/c1-12-6-7-13(10,11)9-5-3-2-4-8/h9H,2-8H2,1H3. The summed E-state index contributed by atoms with van der Waals surface area (Å²) in [6, 6.07) is 0. The number of ether oxygens (including phenoxy) is 1. The van der Waals surface area contributed by atoms with Gasteiger partial charge in [-0.15, -0.1) is 0 Å². The fourth-order valence-electron chi connectivity index (χ4n) is 0.762. The van der Waals surface area contributed by atoms with Crippen LogP contribution in [0.3, 0.4) is 0 Å². The Kier molecular flexibility index (Phi) is 7.16. The first-order valence-corrected chi connectivity index (χ1v) is 5.94. The maximum Gasteiger partial charge on any atom is 0.213 e. The van der Waals surface area contributed by atoms with Crippen molar-refractivity contribution in [1.82, 2.24) is 4.72 Å². The molecular weight excluding hydrogens is 192 g/mol. The van der Waals surface area contributed by atoms with E-state index >= 15 is 0 Å². The summed E-state index contributed by atoms with van der Waals surface area (Å²) in [6.07, 6.45) is 1.62. The molecule has 0 fully saturated rings. The van der Waals surface area contributed by atoms with Crippen LogP contribution in [0.2, 0.25) is 0 Å². The molecule has 0 radical (unpaired) electrons. The van der Waals surface area contributed by atoms with Crippen LogP contribution in [-0.2, 0) is 14.8 Å². The average Bonchev–Trinajstić information content (AvgIpc) is 2.09. The van der Waals surface area contributed by atoms with Crippen LogP contribution in [0.4, 0.5) is 0 Å². The second-order valence-electron chi connectivity index (χ2n) is 2.70. The Morgan fingerprint density at radius 2 is 2.08 bits per heavy atom. The fraction of sp³-hybridized carbons (Fsp3) is 1.00. The Hall–Kier alpha value is -0.170. The van der Waals surface area contributed by atoms with E-state index in [0.717, 1.165) is 12.8 Å². The zero-order chi connectivity index (χ0) is 10.2. The number of unbranched alkanes of at least 4 members (excludes halogenated alkanes) is 1. The number of sulfonamides is 1. The summed E-state index contributed by atoms with van der Waals surface area (Å²) in [4.78, 5) is 0. The molecule has 0 spiro atoms. The van der Waals surface area contributed by atoms with Gasteiger partial charge in [0, 0.05) is 13.7 Å². The average molecular weight is 210 g/mol. The third-order valence-corrected chi connectivity index (χ3v) is 2.86. The van der Waals surface area contributed by atoms with Crippen molar-refractivity contribution in [2.24, 2.45) is 5.73 Å². The molecule has 6 heteroatoms. The Balaban J connectivity index is 3.52. The van der Waals surface area contributed by atoms with Crippen LogP contribution in [0.15, 0.2) is 0 Å². The van der Waals surface area contributed by atoms with Crippen molar-refractivity contribution in [2.75, 3.05) is 32.6 Å². The second-order valence-corrected chi connectivity index (χ2v) is 4.63. The minimum atomic E-state index is -3.14. The van der Waals surface area contributed by atoms with Crippen molar-refractivity contribution in [2.45, 2.75) is 12.8 Å². The van der Waals surface area contributed by atoms with Gasteiger partial charge in [0.1, 0.15) is 0 Å². The van der Waals surface area contributed by atoms with Crippen LogP contribution in [0, 0.1) is 0 Å². The minimum Gasteiger partial charge on any atom is -0.384 e. The summed E-state index contributed by atoms with van der Waals surface area (Å²) < 4.78 is 29.4. The van der Waals surface area contributed by atoms with Crippen molar-refractivity contribution < 1.29 is 13.2 Å². The highest BCUT2D eigenvalue weighted by atomic mass is 32.2. The number of nitrogens with one attached hydrogen (secondary N) is 1. The lowest BCUT2D eigenvalue weighted by atomic mass is 10.3. The molecule has 0 aromatic carbocycles. The lowest BCUT2D eigenvalue weighted by Crippen LogP contribution is -2.29. The maximum atomic E-state index is 11.1. The quantitative estimate of drug-likeness (QED) is 0.519. The predicted molar refractivity (Wildman–Crippen MR) is 52.0 cm³/mol. The van der Waals surface area contributed by atoms with E-state index in [1.54, 1.807) is 0 Å². The van der Waals surface area contributed by atoms with Gasteiger partial charge in [0.15, 0.2) is 0 Å². The van der Waals surface area contributed by atoms with E-state index in [2.05, 4.69) is 9.46 Å². The van der Waals surface area contributed by atoms with Crippen molar-refractivity contribution in [3.63, 3.8) is 0 Å². The first-order chi connectivity index (χ1) is 6.12. The Morgan fingerprint density at radius 3 is 2.62 bits per heavy atom. The van der Waals surface area contributed by atoms with Crippen LogP contribution in [0.1, 0.15) is 12.8 Å². The first-order valence-electron chi connectivity index (χ1n) is 4.28. The molecule has 0 unspecified atom stereocenters. The molecule has 0 amide bonds. The van der Waals surface area contributed by atoms with Gasteiger partial charge in [-0.05, 0) is 19.4 Å². The molecule has 0 aliphatic rings. The number of nitrogens with two attached hydrogens (primary N) is 1. The van der Waals surface area contributed by atoms with Crippen molar-refractivity contribution in [1.29, 1.82) is 0 Å². The summed E-state index contributed by atoms with van der Waals surface area (Å²) in [5, 5.41) is 0. The summed E-state index contributed by atoms with van der Waals surface area (Å²) in [5.74, 6) is 0.0200. The van der Waals surface area contributed by atoms with Crippen LogP contribution < -0.4 is 10.5 Å². The molecule has 0 aliphatic heterocycles. The zero-order valence-electron chi connectivity index (χ0n) is 7.95. The Morgan fingerprint density at radius 1 is 1.38 bits per heavy atom. The molecule has 13 heavy (non-hydrogen) atoms. The molecule has 0 saturated heterocycles. The van der Waals surface area contributed by atoms with Crippen LogP contribution >= 0.6 is 0 Å². The molecule has 0 aromatic heterocycles. The zero-order valence-corrected chi connectivity index (χ0v) is 8.77.